The molecule has 3 aromatic rings. The Morgan fingerprint density at radius 3 is 2.48 bits per heavy atom. The third-order valence-electron chi connectivity index (χ3n) is 6.42. The lowest BCUT2D eigenvalue weighted by Crippen LogP contribution is -2.66. The molecule has 2 aromatic heterocycles. The number of rotatable bonds is 4. The molecule has 0 aliphatic carbocycles. The Labute approximate surface area is 198 Å². The molecule has 2 bridgehead atoms. The van der Waals surface area contributed by atoms with Crippen molar-refractivity contribution in [2.75, 3.05) is 13.1 Å². The molecule has 1 N–H and O–H groups in total. The highest BCUT2D eigenvalue weighted by atomic mass is 35.5. The van der Waals surface area contributed by atoms with Crippen molar-refractivity contribution in [2.45, 2.75) is 51.4 Å². The number of likely N-dealkylation sites (tertiary alicyclic amines) is 1. The predicted octanol–water partition coefficient (Wildman–Crippen LogP) is 3.99. The first kappa shape index (κ1) is 21.9. The van der Waals surface area contributed by atoms with Crippen LogP contribution in [0.2, 0.25) is 5.02 Å². The number of piperidine rings is 1. The van der Waals surface area contributed by atoms with Crippen molar-refractivity contribution in [1.82, 2.24) is 24.5 Å². The Bertz CT molecular complexity index is 1170. The summed E-state index contributed by atoms with van der Waals surface area (Å²) in [6, 6.07) is 13.5. The number of aromatic nitrogens is 2. The van der Waals surface area contributed by atoms with E-state index in [0.29, 0.717) is 37.5 Å². The van der Waals surface area contributed by atoms with Crippen molar-refractivity contribution < 1.29 is 9.59 Å². The number of piperazine rings is 1. The second kappa shape index (κ2) is 8.80. The van der Waals surface area contributed by atoms with E-state index in [1.54, 1.807) is 0 Å². The summed E-state index contributed by atoms with van der Waals surface area (Å²) in [5, 5.41) is 3.70. The molecular weight excluding hydrogens is 438 g/mol. The van der Waals surface area contributed by atoms with E-state index in [0.717, 1.165) is 22.6 Å². The van der Waals surface area contributed by atoms with Crippen LogP contribution in [0.25, 0.3) is 16.9 Å². The van der Waals surface area contributed by atoms with Gasteiger partial charge < -0.3 is 14.6 Å². The van der Waals surface area contributed by atoms with E-state index in [2.05, 4.69) is 14.6 Å². The molecule has 8 heteroatoms. The van der Waals surface area contributed by atoms with Crippen LogP contribution in [0.3, 0.4) is 0 Å². The van der Waals surface area contributed by atoms with Crippen LogP contribution in [0.4, 0.5) is 4.79 Å². The number of hydrogen-bond acceptors (Lipinski definition) is 4. The molecule has 5 rings (SSSR count). The monoisotopic (exact) mass is 465 g/mol. The summed E-state index contributed by atoms with van der Waals surface area (Å²) in [6.45, 7) is 5.92. The summed E-state index contributed by atoms with van der Waals surface area (Å²) in [6.07, 6.45) is 2.86. The summed E-state index contributed by atoms with van der Waals surface area (Å²) < 4.78 is 2.13. The third-order valence-corrected chi connectivity index (χ3v) is 6.67. The minimum atomic E-state index is -0.109. The molecule has 33 heavy (non-hydrogen) atoms. The Morgan fingerprint density at radius 2 is 1.82 bits per heavy atom. The smallest absolute Gasteiger partial charge is 0.318 e. The molecule has 2 fully saturated rings. The molecule has 0 saturated carbocycles. The number of carbonyl (C=O) groups is 2. The van der Waals surface area contributed by atoms with Crippen LogP contribution in [0.15, 0.2) is 48.7 Å². The second-order valence-corrected chi connectivity index (χ2v) is 9.74. The molecule has 1 aromatic carbocycles. The van der Waals surface area contributed by atoms with Gasteiger partial charge in [0.1, 0.15) is 11.4 Å². The lowest BCUT2D eigenvalue weighted by Gasteiger charge is -2.49. The molecule has 0 spiro atoms. The van der Waals surface area contributed by atoms with Crippen molar-refractivity contribution in [3.63, 3.8) is 0 Å². The zero-order chi connectivity index (χ0) is 23.1. The fourth-order valence-corrected chi connectivity index (χ4v) is 5.24. The zero-order valence-corrected chi connectivity index (χ0v) is 19.6. The largest absolute Gasteiger partial charge is 0.336 e. The summed E-state index contributed by atoms with van der Waals surface area (Å²) in [5.74, 6) is 0.245. The summed E-state index contributed by atoms with van der Waals surface area (Å²) in [7, 11) is 0. The number of nitrogens with zero attached hydrogens (tertiary/aromatic N) is 4. The minimum absolute atomic E-state index is 0.0621. The number of imidazole rings is 1. The number of halogens is 1. The molecule has 0 radical (unpaired) electrons. The predicted molar refractivity (Wildman–Crippen MR) is 128 cm³/mol. The van der Waals surface area contributed by atoms with E-state index in [9.17, 15) is 9.59 Å². The number of hydrogen-bond donors (Lipinski definition) is 1. The maximum absolute atomic E-state index is 12.9. The van der Waals surface area contributed by atoms with Crippen LogP contribution in [0.5, 0.6) is 0 Å². The first-order valence-electron chi connectivity index (χ1n) is 11.4. The van der Waals surface area contributed by atoms with E-state index in [4.69, 9.17) is 16.6 Å². The number of pyridine rings is 1. The normalized spacial score (nSPS) is 21.1. The highest BCUT2D eigenvalue weighted by molar-refractivity contribution is 6.30. The lowest BCUT2D eigenvalue weighted by molar-refractivity contribution is -0.127. The van der Waals surface area contributed by atoms with Gasteiger partial charge in [-0.3, -0.25) is 9.69 Å². The number of carbonyl (C=O) groups excluding carboxylic acids is 2. The minimum Gasteiger partial charge on any atom is -0.336 e. The lowest BCUT2D eigenvalue weighted by atomic mass is 9.90. The van der Waals surface area contributed by atoms with Crippen molar-refractivity contribution >= 4 is 29.1 Å². The zero-order valence-electron chi connectivity index (χ0n) is 18.9. The highest BCUT2D eigenvalue weighted by Gasteiger charge is 2.43. The van der Waals surface area contributed by atoms with Crippen LogP contribution in [-0.2, 0) is 11.3 Å². The molecule has 2 aliphatic heterocycles. The Balaban J connectivity index is 1.45. The van der Waals surface area contributed by atoms with E-state index in [-0.39, 0.29) is 29.9 Å². The quantitative estimate of drug-likeness (QED) is 0.632. The number of ketones is 1. The molecular formula is C25H28ClN5O2. The first-order valence-corrected chi connectivity index (χ1v) is 11.8. The highest BCUT2D eigenvalue weighted by Crippen LogP contribution is 2.31. The van der Waals surface area contributed by atoms with E-state index in [1.165, 1.54) is 0 Å². The number of amides is 2. The Kier molecular flexibility index (Phi) is 5.85. The standard InChI is InChI=1S/C25H28ClN5O2/c1-16(2)27-25(33)31-19-11-21(32)12-20(31)14-29(13-19)15-22-24(17-6-8-18(26)9-7-17)28-23-5-3-4-10-30(22)23/h3-10,16,19-20H,11-15H2,1-2H3,(H,27,33). The third kappa shape index (κ3) is 4.35. The molecule has 4 heterocycles. The molecule has 7 nitrogen and oxygen atoms in total. The average Bonchev–Trinajstić information content (AvgIpc) is 3.11. The topological polar surface area (TPSA) is 70.0 Å². The van der Waals surface area contributed by atoms with Crippen molar-refractivity contribution in [3.05, 3.63) is 59.4 Å². The maximum Gasteiger partial charge on any atom is 0.318 e. The summed E-state index contributed by atoms with van der Waals surface area (Å²) >= 11 is 6.11. The fraction of sp³-hybridized carbons (Fsp3) is 0.400. The molecule has 2 amide bonds. The van der Waals surface area contributed by atoms with Gasteiger partial charge in [-0.05, 0) is 38.1 Å². The molecule has 2 saturated heterocycles. The number of Topliss-reactive ketones (excluding diaryl/α,β-unsaturated/α-hetero) is 1. The van der Waals surface area contributed by atoms with Gasteiger partial charge in [-0.25, -0.2) is 9.78 Å². The van der Waals surface area contributed by atoms with Gasteiger partial charge in [0.25, 0.3) is 0 Å². The van der Waals surface area contributed by atoms with Gasteiger partial charge in [0.2, 0.25) is 0 Å². The molecule has 172 valence electrons. The van der Waals surface area contributed by atoms with Crippen LogP contribution < -0.4 is 5.32 Å². The summed E-state index contributed by atoms with van der Waals surface area (Å²) in [5.41, 5.74) is 3.93. The number of urea groups is 1. The molecule has 2 atom stereocenters. The van der Waals surface area contributed by atoms with Crippen LogP contribution in [-0.4, -0.2) is 62.2 Å². The number of nitrogens with one attached hydrogen (secondary N) is 1. The van der Waals surface area contributed by atoms with Gasteiger partial charge >= 0.3 is 6.03 Å². The van der Waals surface area contributed by atoms with E-state index >= 15 is 0 Å². The Hall–Kier alpha value is -2.90. The average molecular weight is 466 g/mol. The number of fused-ring (bicyclic) bond motifs is 3. The van der Waals surface area contributed by atoms with Crippen molar-refractivity contribution in [3.8, 4) is 11.3 Å². The van der Waals surface area contributed by atoms with Crippen molar-refractivity contribution in [1.29, 1.82) is 0 Å². The van der Waals surface area contributed by atoms with Crippen molar-refractivity contribution in [2.24, 2.45) is 0 Å². The second-order valence-electron chi connectivity index (χ2n) is 9.30. The van der Waals surface area contributed by atoms with Crippen LogP contribution >= 0.6 is 11.6 Å². The first-order chi connectivity index (χ1) is 15.9. The molecule has 2 aliphatic rings. The van der Waals surface area contributed by atoms with Gasteiger partial charge in [0.15, 0.2) is 0 Å². The van der Waals surface area contributed by atoms with Gasteiger partial charge in [0.05, 0.1) is 23.5 Å². The van der Waals surface area contributed by atoms with Crippen LogP contribution in [0, 0.1) is 0 Å². The van der Waals surface area contributed by atoms with Gasteiger partial charge in [-0.1, -0.05) is 29.8 Å². The van der Waals surface area contributed by atoms with E-state index in [1.807, 2.05) is 67.4 Å². The fourth-order valence-electron chi connectivity index (χ4n) is 5.11. The Morgan fingerprint density at radius 1 is 1.12 bits per heavy atom. The maximum atomic E-state index is 12.9. The SMILES string of the molecule is CC(C)NC(=O)N1C2CC(=O)CC1CN(Cc1c(-c3ccc(Cl)cc3)nc3ccccn13)C2. The summed E-state index contributed by atoms with van der Waals surface area (Å²) in [4.78, 5) is 34.4. The van der Waals surface area contributed by atoms with Gasteiger partial charge in [0, 0.05) is 55.3 Å². The molecule has 2 unspecified atom stereocenters. The van der Waals surface area contributed by atoms with Gasteiger partial charge in [-0.15, -0.1) is 0 Å². The van der Waals surface area contributed by atoms with Gasteiger partial charge in [-0.2, -0.15) is 0 Å². The number of benzene rings is 1. The van der Waals surface area contributed by atoms with Crippen LogP contribution in [0.1, 0.15) is 32.4 Å². The van der Waals surface area contributed by atoms with E-state index < -0.39 is 0 Å².